The van der Waals surface area contributed by atoms with Crippen LogP contribution in [0.5, 0.6) is 0 Å². The van der Waals surface area contributed by atoms with E-state index in [0.717, 1.165) is 12.1 Å². The van der Waals surface area contributed by atoms with Crippen LogP contribution in [0.1, 0.15) is 10.4 Å². The molecule has 1 nitrogen and oxygen atoms in total. The third-order valence-electron chi connectivity index (χ3n) is 1.38. The highest BCUT2D eigenvalue weighted by Crippen LogP contribution is 2.24. The lowest BCUT2D eigenvalue weighted by molar-refractivity contribution is -0.0885. The van der Waals surface area contributed by atoms with Gasteiger partial charge in [0, 0.05) is 10.0 Å². The van der Waals surface area contributed by atoms with Gasteiger partial charge >= 0.3 is 6.18 Å². The minimum atomic E-state index is -4.98. The van der Waals surface area contributed by atoms with Crippen LogP contribution in [0.4, 0.5) is 17.6 Å². The van der Waals surface area contributed by atoms with Gasteiger partial charge in [0.25, 0.3) is 5.78 Å². The summed E-state index contributed by atoms with van der Waals surface area (Å²) in [6, 6.07) is 2.42. The first-order chi connectivity index (χ1) is 6.30. The zero-order valence-corrected chi connectivity index (χ0v) is 8.12. The van der Waals surface area contributed by atoms with Crippen molar-refractivity contribution in [3.05, 3.63) is 34.1 Å². The maximum atomic E-state index is 12.6. The van der Waals surface area contributed by atoms with Gasteiger partial charge in [0.15, 0.2) is 0 Å². The molecule has 76 valence electrons. The van der Waals surface area contributed by atoms with Crippen molar-refractivity contribution in [1.82, 2.24) is 0 Å². The number of alkyl halides is 3. The summed E-state index contributed by atoms with van der Waals surface area (Å²) in [5.41, 5.74) is -0.718. The lowest BCUT2D eigenvalue weighted by atomic mass is 10.1. The van der Waals surface area contributed by atoms with Crippen molar-refractivity contribution >= 4 is 21.7 Å². The maximum absolute atomic E-state index is 12.6. The molecular formula is C8H3BrF4O. The second kappa shape index (κ2) is 3.68. The molecule has 0 heterocycles. The van der Waals surface area contributed by atoms with Crippen molar-refractivity contribution in [2.75, 3.05) is 0 Å². The summed E-state index contributed by atoms with van der Waals surface area (Å²) in [5.74, 6) is -2.95. The maximum Gasteiger partial charge on any atom is 0.454 e. The highest BCUT2D eigenvalue weighted by atomic mass is 79.9. The quantitative estimate of drug-likeness (QED) is 0.565. The molecule has 0 aliphatic heterocycles. The van der Waals surface area contributed by atoms with Crippen molar-refractivity contribution in [1.29, 1.82) is 0 Å². The Balaban J connectivity index is 3.14. The fourth-order valence-corrected chi connectivity index (χ4v) is 1.31. The summed E-state index contributed by atoms with van der Waals surface area (Å²) in [5, 5.41) is 0. The van der Waals surface area contributed by atoms with E-state index in [0.29, 0.717) is 6.07 Å². The molecule has 14 heavy (non-hydrogen) atoms. The molecule has 1 aromatic carbocycles. The van der Waals surface area contributed by atoms with E-state index in [9.17, 15) is 22.4 Å². The fraction of sp³-hybridized carbons (Fsp3) is 0.125. The molecule has 0 aliphatic rings. The van der Waals surface area contributed by atoms with E-state index >= 15 is 0 Å². The van der Waals surface area contributed by atoms with Gasteiger partial charge in [-0.2, -0.15) is 13.2 Å². The van der Waals surface area contributed by atoms with Crippen molar-refractivity contribution in [3.8, 4) is 0 Å². The Morgan fingerprint density at radius 3 is 2.21 bits per heavy atom. The highest BCUT2D eigenvalue weighted by Gasteiger charge is 2.39. The Bertz CT molecular complexity index is 352. The first kappa shape index (κ1) is 11.2. The molecule has 0 N–H and O–H groups in total. The number of carbonyl (C=O) groups is 1. The first-order valence-corrected chi connectivity index (χ1v) is 4.17. The molecule has 0 unspecified atom stereocenters. The number of halogens is 5. The molecular weight excluding hydrogens is 268 g/mol. The van der Waals surface area contributed by atoms with Crippen LogP contribution in [-0.4, -0.2) is 12.0 Å². The standard InChI is InChI=1S/C8H3BrF4O/c9-5-1-4(2-6(10)3-5)7(14)8(11,12)13/h1-3H. The van der Waals surface area contributed by atoms with Gasteiger partial charge in [-0.25, -0.2) is 4.39 Å². The number of ketones is 1. The molecule has 0 saturated heterocycles. The lowest BCUT2D eigenvalue weighted by Gasteiger charge is -2.05. The lowest BCUT2D eigenvalue weighted by Crippen LogP contribution is -2.22. The minimum Gasteiger partial charge on any atom is -0.284 e. The highest BCUT2D eigenvalue weighted by molar-refractivity contribution is 9.10. The third kappa shape index (κ3) is 2.54. The van der Waals surface area contributed by atoms with Crippen LogP contribution in [0, 0.1) is 5.82 Å². The molecule has 1 rings (SSSR count). The molecule has 1 aromatic rings. The second-order valence-corrected chi connectivity index (χ2v) is 3.40. The molecule has 0 radical (unpaired) electrons. The van der Waals surface area contributed by atoms with Crippen LogP contribution in [0.3, 0.4) is 0 Å². The molecule has 0 amide bonds. The normalized spacial score (nSPS) is 11.5. The smallest absolute Gasteiger partial charge is 0.284 e. The van der Waals surface area contributed by atoms with Crippen LogP contribution in [0.25, 0.3) is 0 Å². The Labute approximate surface area is 84.9 Å². The van der Waals surface area contributed by atoms with Crippen LogP contribution < -0.4 is 0 Å². The van der Waals surface area contributed by atoms with Crippen LogP contribution >= 0.6 is 15.9 Å². The summed E-state index contributed by atoms with van der Waals surface area (Å²) < 4.78 is 48.4. The zero-order valence-electron chi connectivity index (χ0n) is 6.53. The Morgan fingerprint density at radius 1 is 1.21 bits per heavy atom. The van der Waals surface area contributed by atoms with E-state index in [4.69, 9.17) is 0 Å². The molecule has 0 atom stereocenters. The van der Waals surface area contributed by atoms with E-state index in [1.165, 1.54) is 0 Å². The fourth-order valence-electron chi connectivity index (χ4n) is 0.849. The van der Waals surface area contributed by atoms with Gasteiger partial charge in [-0.1, -0.05) is 15.9 Å². The van der Waals surface area contributed by atoms with Gasteiger partial charge in [-0.05, 0) is 18.2 Å². The van der Waals surface area contributed by atoms with E-state index in [1.54, 1.807) is 0 Å². The first-order valence-electron chi connectivity index (χ1n) is 3.38. The SMILES string of the molecule is O=C(c1cc(F)cc(Br)c1)C(F)(F)F. The largest absolute Gasteiger partial charge is 0.454 e. The van der Waals surface area contributed by atoms with E-state index in [-0.39, 0.29) is 4.47 Å². The summed E-state index contributed by atoms with van der Waals surface area (Å²) in [6.45, 7) is 0. The molecule has 0 aromatic heterocycles. The molecule has 0 saturated carbocycles. The Morgan fingerprint density at radius 2 is 1.79 bits per heavy atom. The van der Waals surface area contributed by atoms with Crippen molar-refractivity contribution in [2.24, 2.45) is 0 Å². The van der Waals surface area contributed by atoms with Gasteiger partial charge in [-0.15, -0.1) is 0 Å². The van der Waals surface area contributed by atoms with E-state index < -0.39 is 23.3 Å². The summed E-state index contributed by atoms with van der Waals surface area (Å²) in [6.07, 6.45) is -4.98. The van der Waals surface area contributed by atoms with Gasteiger partial charge in [0.1, 0.15) is 5.82 Å². The monoisotopic (exact) mass is 270 g/mol. The number of hydrogen-bond donors (Lipinski definition) is 0. The van der Waals surface area contributed by atoms with Crippen LogP contribution in [0.2, 0.25) is 0 Å². The molecule has 0 bridgehead atoms. The predicted octanol–water partition coefficient (Wildman–Crippen LogP) is 3.33. The van der Waals surface area contributed by atoms with Crippen molar-refractivity contribution in [2.45, 2.75) is 6.18 Å². The summed E-state index contributed by atoms with van der Waals surface area (Å²) >= 11 is 2.79. The Kier molecular flexibility index (Phi) is 2.94. The van der Waals surface area contributed by atoms with Crippen LogP contribution in [0.15, 0.2) is 22.7 Å². The predicted molar refractivity (Wildman–Crippen MR) is 44.5 cm³/mol. The third-order valence-corrected chi connectivity index (χ3v) is 1.84. The summed E-state index contributed by atoms with van der Waals surface area (Å²) in [4.78, 5) is 10.7. The van der Waals surface area contributed by atoms with E-state index in [1.807, 2.05) is 0 Å². The molecule has 0 spiro atoms. The number of rotatable bonds is 1. The Hall–Kier alpha value is -0.910. The van der Waals surface area contributed by atoms with Gasteiger partial charge in [-0.3, -0.25) is 4.79 Å². The molecule has 6 heteroatoms. The number of carbonyl (C=O) groups excluding carboxylic acids is 1. The second-order valence-electron chi connectivity index (χ2n) is 2.49. The topological polar surface area (TPSA) is 17.1 Å². The number of hydrogen-bond acceptors (Lipinski definition) is 1. The van der Waals surface area contributed by atoms with Gasteiger partial charge in [0.05, 0.1) is 0 Å². The van der Waals surface area contributed by atoms with Crippen molar-refractivity contribution in [3.63, 3.8) is 0 Å². The molecule has 0 aliphatic carbocycles. The van der Waals surface area contributed by atoms with Gasteiger partial charge < -0.3 is 0 Å². The average molecular weight is 271 g/mol. The zero-order chi connectivity index (χ0) is 10.9. The molecule has 0 fully saturated rings. The number of Topliss-reactive ketones (excluding diaryl/α,β-unsaturated/α-hetero) is 1. The average Bonchev–Trinajstić information content (AvgIpc) is 1.99. The minimum absolute atomic E-state index is 0.0881. The summed E-state index contributed by atoms with van der Waals surface area (Å²) in [7, 11) is 0. The van der Waals surface area contributed by atoms with Crippen molar-refractivity contribution < 1.29 is 22.4 Å². The van der Waals surface area contributed by atoms with Gasteiger partial charge in [0.2, 0.25) is 0 Å². The number of benzene rings is 1. The van der Waals surface area contributed by atoms with Crippen LogP contribution in [-0.2, 0) is 0 Å². The van der Waals surface area contributed by atoms with E-state index in [2.05, 4.69) is 15.9 Å².